The zero-order chi connectivity index (χ0) is 18.4. The van der Waals surface area contributed by atoms with Crippen molar-refractivity contribution >= 4 is 20.9 Å². The SMILES string of the molecule is CC1(C)OB(c2cccc(CO[Si](C)(C)C(C)(C)C)c2)OC1(C)C. The van der Waals surface area contributed by atoms with Crippen molar-refractivity contribution in [1.29, 1.82) is 0 Å². The molecule has 1 fully saturated rings. The molecule has 0 amide bonds. The average Bonchev–Trinajstić information content (AvgIpc) is 2.64. The van der Waals surface area contributed by atoms with Crippen LogP contribution in [0.3, 0.4) is 0 Å². The first-order valence-corrected chi connectivity index (χ1v) is 11.7. The van der Waals surface area contributed by atoms with E-state index in [1.165, 1.54) is 5.56 Å². The molecule has 1 aromatic rings. The van der Waals surface area contributed by atoms with Gasteiger partial charge in [-0.05, 0) is 56.9 Å². The van der Waals surface area contributed by atoms with E-state index in [9.17, 15) is 0 Å². The highest BCUT2D eigenvalue weighted by molar-refractivity contribution is 6.74. The van der Waals surface area contributed by atoms with E-state index in [4.69, 9.17) is 13.7 Å². The molecule has 1 aliphatic heterocycles. The van der Waals surface area contributed by atoms with E-state index in [0.717, 1.165) is 5.46 Å². The number of benzene rings is 1. The van der Waals surface area contributed by atoms with E-state index in [1.807, 2.05) is 0 Å². The van der Waals surface area contributed by atoms with Crippen LogP contribution >= 0.6 is 0 Å². The maximum Gasteiger partial charge on any atom is 0.494 e. The van der Waals surface area contributed by atoms with Gasteiger partial charge in [0.2, 0.25) is 0 Å². The van der Waals surface area contributed by atoms with E-state index < -0.39 is 8.32 Å². The molecule has 0 atom stereocenters. The molecule has 0 aromatic heterocycles. The molecule has 0 bridgehead atoms. The number of rotatable bonds is 4. The molecule has 0 spiro atoms. The lowest BCUT2D eigenvalue weighted by molar-refractivity contribution is 0.00578. The van der Waals surface area contributed by atoms with Crippen molar-refractivity contribution < 1.29 is 13.7 Å². The Hall–Kier alpha value is -0.618. The first kappa shape index (κ1) is 19.7. The molecule has 24 heavy (non-hydrogen) atoms. The molecular formula is C19H33BO3Si. The average molecular weight is 348 g/mol. The van der Waals surface area contributed by atoms with Gasteiger partial charge in [0.1, 0.15) is 0 Å². The Morgan fingerprint density at radius 1 is 1.04 bits per heavy atom. The molecule has 1 aromatic carbocycles. The highest BCUT2D eigenvalue weighted by Gasteiger charge is 2.51. The zero-order valence-electron chi connectivity index (χ0n) is 16.8. The molecule has 0 unspecified atom stereocenters. The lowest BCUT2D eigenvalue weighted by Crippen LogP contribution is -2.41. The maximum atomic E-state index is 6.34. The Morgan fingerprint density at radius 3 is 2.08 bits per heavy atom. The van der Waals surface area contributed by atoms with Crippen LogP contribution < -0.4 is 5.46 Å². The monoisotopic (exact) mass is 348 g/mol. The highest BCUT2D eigenvalue weighted by Crippen LogP contribution is 2.38. The Labute approximate surface area is 149 Å². The standard InChI is InChI=1S/C19H33BO3Si/c1-17(2,3)24(8,9)21-14-15-11-10-12-16(13-15)20-22-18(4,5)19(6,7)23-20/h10-13H,14H2,1-9H3. The molecule has 1 saturated heterocycles. The van der Waals surface area contributed by atoms with Gasteiger partial charge < -0.3 is 13.7 Å². The van der Waals surface area contributed by atoms with Crippen LogP contribution in [0.4, 0.5) is 0 Å². The second-order valence-electron chi connectivity index (χ2n) is 9.38. The second kappa shape index (κ2) is 6.27. The van der Waals surface area contributed by atoms with E-state index in [-0.39, 0.29) is 23.4 Å². The first-order valence-electron chi connectivity index (χ1n) is 8.84. The first-order chi connectivity index (χ1) is 10.8. The molecule has 0 N–H and O–H groups in total. The zero-order valence-corrected chi connectivity index (χ0v) is 17.8. The Morgan fingerprint density at radius 2 is 1.58 bits per heavy atom. The molecule has 0 saturated carbocycles. The van der Waals surface area contributed by atoms with Gasteiger partial charge in [0.25, 0.3) is 0 Å². The van der Waals surface area contributed by atoms with Crippen LogP contribution in [0.25, 0.3) is 0 Å². The van der Waals surface area contributed by atoms with Gasteiger partial charge in [-0.2, -0.15) is 0 Å². The number of hydrogen-bond donors (Lipinski definition) is 0. The minimum Gasteiger partial charge on any atom is -0.413 e. The highest BCUT2D eigenvalue weighted by atomic mass is 28.4. The largest absolute Gasteiger partial charge is 0.494 e. The summed E-state index contributed by atoms with van der Waals surface area (Å²) in [5, 5.41) is 0.219. The van der Waals surface area contributed by atoms with E-state index in [2.05, 4.69) is 85.8 Å². The molecule has 3 nitrogen and oxygen atoms in total. The van der Waals surface area contributed by atoms with Crippen molar-refractivity contribution in [3.8, 4) is 0 Å². The molecule has 1 heterocycles. The summed E-state index contributed by atoms with van der Waals surface area (Å²) >= 11 is 0. The van der Waals surface area contributed by atoms with Gasteiger partial charge in [-0.15, -0.1) is 0 Å². The van der Waals surface area contributed by atoms with Gasteiger partial charge in [-0.25, -0.2) is 0 Å². The van der Waals surface area contributed by atoms with Crippen molar-refractivity contribution in [1.82, 2.24) is 0 Å². The third kappa shape index (κ3) is 3.96. The molecule has 134 valence electrons. The summed E-state index contributed by atoms with van der Waals surface area (Å²) in [5.74, 6) is 0. The lowest BCUT2D eigenvalue weighted by Gasteiger charge is -2.36. The van der Waals surface area contributed by atoms with Gasteiger partial charge in [0, 0.05) is 0 Å². The van der Waals surface area contributed by atoms with Gasteiger partial charge >= 0.3 is 7.12 Å². The van der Waals surface area contributed by atoms with Crippen molar-refractivity contribution in [2.75, 3.05) is 0 Å². The Balaban J connectivity index is 2.11. The Kier molecular flexibility index (Phi) is 5.15. The predicted molar refractivity (Wildman–Crippen MR) is 104 cm³/mol. The third-order valence-electron chi connectivity index (χ3n) is 5.88. The molecule has 0 aliphatic carbocycles. The fraction of sp³-hybridized carbons (Fsp3) is 0.684. The van der Waals surface area contributed by atoms with Crippen LogP contribution in [0.2, 0.25) is 18.1 Å². The second-order valence-corrected chi connectivity index (χ2v) is 14.2. The fourth-order valence-corrected chi connectivity index (χ4v) is 3.25. The van der Waals surface area contributed by atoms with Gasteiger partial charge in [-0.1, -0.05) is 45.0 Å². The van der Waals surface area contributed by atoms with Crippen LogP contribution in [0.1, 0.15) is 54.0 Å². The summed E-state index contributed by atoms with van der Waals surface area (Å²) in [7, 11) is -2.06. The molecule has 0 radical (unpaired) electrons. The quantitative estimate of drug-likeness (QED) is 0.750. The van der Waals surface area contributed by atoms with E-state index in [1.54, 1.807) is 0 Å². The van der Waals surface area contributed by atoms with Gasteiger partial charge in [0.05, 0.1) is 17.8 Å². The summed E-state index contributed by atoms with van der Waals surface area (Å²) in [6.07, 6.45) is 0. The predicted octanol–water partition coefficient (Wildman–Crippen LogP) is 4.51. The van der Waals surface area contributed by atoms with Crippen LogP contribution in [0.5, 0.6) is 0 Å². The summed E-state index contributed by atoms with van der Waals surface area (Å²) in [5.41, 5.74) is 1.60. The van der Waals surface area contributed by atoms with Crippen molar-refractivity contribution in [3.63, 3.8) is 0 Å². The van der Waals surface area contributed by atoms with Crippen molar-refractivity contribution in [3.05, 3.63) is 29.8 Å². The minimum absolute atomic E-state index is 0.219. The smallest absolute Gasteiger partial charge is 0.413 e. The summed E-state index contributed by atoms with van der Waals surface area (Å²) in [4.78, 5) is 0. The van der Waals surface area contributed by atoms with Gasteiger partial charge in [-0.3, -0.25) is 0 Å². The van der Waals surface area contributed by atoms with Crippen LogP contribution in [0, 0.1) is 0 Å². The molecule has 5 heteroatoms. The van der Waals surface area contributed by atoms with Crippen LogP contribution in [-0.2, 0) is 20.3 Å². The molecule has 1 aliphatic rings. The van der Waals surface area contributed by atoms with Crippen LogP contribution in [-0.4, -0.2) is 26.6 Å². The van der Waals surface area contributed by atoms with Gasteiger partial charge in [0.15, 0.2) is 8.32 Å². The fourth-order valence-electron chi connectivity index (χ4n) is 2.29. The van der Waals surface area contributed by atoms with E-state index in [0.29, 0.717) is 6.61 Å². The minimum atomic E-state index is -1.75. The van der Waals surface area contributed by atoms with Crippen LogP contribution in [0.15, 0.2) is 24.3 Å². The molecular weight excluding hydrogens is 315 g/mol. The van der Waals surface area contributed by atoms with Crippen molar-refractivity contribution in [2.45, 2.75) is 84.4 Å². The molecule has 2 rings (SSSR count). The summed E-state index contributed by atoms with van der Waals surface area (Å²) < 4.78 is 18.6. The summed E-state index contributed by atoms with van der Waals surface area (Å²) in [6.45, 7) is 20.3. The maximum absolute atomic E-state index is 6.34. The third-order valence-corrected chi connectivity index (χ3v) is 10.4. The lowest BCUT2D eigenvalue weighted by atomic mass is 9.78. The summed E-state index contributed by atoms with van der Waals surface area (Å²) in [6, 6.07) is 8.39. The van der Waals surface area contributed by atoms with Crippen molar-refractivity contribution in [2.24, 2.45) is 0 Å². The number of hydrogen-bond acceptors (Lipinski definition) is 3. The Bertz CT molecular complexity index is 575. The van der Waals surface area contributed by atoms with E-state index >= 15 is 0 Å². The topological polar surface area (TPSA) is 27.7 Å². The normalized spacial score (nSPS) is 20.5.